The predicted octanol–water partition coefficient (Wildman–Crippen LogP) is 4.38. The molecule has 0 aliphatic heterocycles. The highest BCUT2D eigenvalue weighted by molar-refractivity contribution is 6.30. The van der Waals surface area contributed by atoms with Crippen molar-refractivity contribution in [3.63, 3.8) is 0 Å². The zero-order chi connectivity index (χ0) is 19.7. The molecule has 1 aliphatic rings. The fourth-order valence-corrected chi connectivity index (χ4v) is 4.10. The zero-order valence-electron chi connectivity index (χ0n) is 15.9. The van der Waals surface area contributed by atoms with Gasteiger partial charge >= 0.3 is 0 Å². The third-order valence-electron chi connectivity index (χ3n) is 5.38. The van der Waals surface area contributed by atoms with Crippen molar-refractivity contribution in [3.05, 3.63) is 64.7 Å². The summed E-state index contributed by atoms with van der Waals surface area (Å²) in [5, 5.41) is 8.07. The van der Waals surface area contributed by atoms with E-state index in [1.807, 2.05) is 44.2 Å². The highest BCUT2D eigenvalue weighted by Gasteiger charge is 2.42. The van der Waals surface area contributed by atoms with E-state index in [0.717, 1.165) is 42.6 Å². The van der Waals surface area contributed by atoms with Crippen molar-refractivity contribution in [2.75, 3.05) is 5.32 Å². The third-order valence-corrected chi connectivity index (χ3v) is 5.64. The van der Waals surface area contributed by atoms with Gasteiger partial charge in [-0.05, 0) is 50.5 Å². The highest BCUT2D eigenvalue weighted by atomic mass is 35.5. The second-order valence-corrected chi connectivity index (χ2v) is 7.80. The van der Waals surface area contributed by atoms with Crippen molar-refractivity contribution in [3.8, 4) is 5.95 Å². The van der Waals surface area contributed by atoms with E-state index in [9.17, 15) is 4.79 Å². The molecule has 1 fully saturated rings. The van der Waals surface area contributed by atoms with Crippen LogP contribution in [0.2, 0.25) is 5.02 Å². The van der Waals surface area contributed by atoms with Crippen molar-refractivity contribution in [1.29, 1.82) is 0 Å². The summed E-state index contributed by atoms with van der Waals surface area (Å²) in [5.74, 6) is 0.465. The molecule has 0 spiro atoms. The Kier molecular flexibility index (Phi) is 4.89. The minimum atomic E-state index is -0.529. The Hall–Kier alpha value is -2.73. The van der Waals surface area contributed by atoms with E-state index in [1.54, 1.807) is 17.1 Å². The summed E-state index contributed by atoms with van der Waals surface area (Å²) in [4.78, 5) is 22.0. The van der Waals surface area contributed by atoms with E-state index in [0.29, 0.717) is 16.7 Å². The Morgan fingerprint density at radius 1 is 1.11 bits per heavy atom. The number of rotatable bonds is 4. The topological polar surface area (TPSA) is 72.7 Å². The van der Waals surface area contributed by atoms with Crippen LogP contribution < -0.4 is 5.32 Å². The molecule has 2 heterocycles. The van der Waals surface area contributed by atoms with Crippen molar-refractivity contribution in [2.24, 2.45) is 0 Å². The molecule has 2 aromatic heterocycles. The van der Waals surface area contributed by atoms with Crippen molar-refractivity contribution >= 4 is 23.2 Å². The average molecular weight is 396 g/mol. The quantitative estimate of drug-likeness (QED) is 0.711. The second-order valence-electron chi connectivity index (χ2n) is 7.36. The van der Waals surface area contributed by atoms with Crippen molar-refractivity contribution < 1.29 is 4.79 Å². The lowest BCUT2D eigenvalue weighted by atomic mass is 9.78. The maximum atomic E-state index is 13.2. The smallest absolute Gasteiger partial charge is 0.250 e. The van der Waals surface area contributed by atoms with Gasteiger partial charge in [-0.2, -0.15) is 5.10 Å². The van der Waals surface area contributed by atoms with E-state index in [4.69, 9.17) is 11.6 Å². The van der Waals surface area contributed by atoms with Crippen LogP contribution in [0.15, 0.2) is 42.7 Å². The normalized spacial score (nSPS) is 15.5. The molecule has 4 rings (SSSR count). The molecule has 0 unspecified atom stereocenters. The van der Waals surface area contributed by atoms with E-state index in [1.165, 1.54) is 0 Å². The van der Waals surface area contributed by atoms with E-state index >= 15 is 0 Å². The first-order valence-corrected chi connectivity index (χ1v) is 9.79. The lowest BCUT2D eigenvalue weighted by molar-refractivity contribution is -0.121. The molecule has 3 aromatic rings. The van der Waals surface area contributed by atoms with E-state index in [-0.39, 0.29) is 5.91 Å². The first-order valence-electron chi connectivity index (χ1n) is 9.41. The van der Waals surface area contributed by atoms with Crippen LogP contribution in [0.25, 0.3) is 5.95 Å². The van der Waals surface area contributed by atoms with Crippen molar-refractivity contribution in [2.45, 2.75) is 44.9 Å². The summed E-state index contributed by atoms with van der Waals surface area (Å²) >= 11 is 6.03. The highest BCUT2D eigenvalue weighted by Crippen LogP contribution is 2.42. The summed E-state index contributed by atoms with van der Waals surface area (Å²) in [6.07, 6.45) is 6.96. The molecule has 0 radical (unpaired) electrons. The number of hydrogen-bond acceptors (Lipinski definition) is 4. The Bertz CT molecular complexity index is 989. The molecule has 6 nitrogen and oxygen atoms in total. The molecule has 1 amide bonds. The summed E-state index contributed by atoms with van der Waals surface area (Å²) < 4.78 is 1.69. The molecular weight excluding hydrogens is 374 g/mol. The van der Waals surface area contributed by atoms with Crippen LogP contribution in [-0.2, 0) is 10.2 Å². The molecule has 144 valence electrons. The van der Waals surface area contributed by atoms with Crippen LogP contribution in [0.3, 0.4) is 0 Å². The predicted molar refractivity (Wildman–Crippen MR) is 109 cm³/mol. The largest absolute Gasteiger partial charge is 0.323 e. The van der Waals surface area contributed by atoms with Gasteiger partial charge in [-0.15, -0.1) is 0 Å². The number of aromatic nitrogens is 4. The average Bonchev–Trinajstić information content (AvgIpc) is 3.30. The number of nitrogens with zero attached hydrogens (tertiary/aromatic N) is 4. The van der Waals surface area contributed by atoms with Gasteiger partial charge in [-0.25, -0.2) is 14.6 Å². The lowest BCUT2D eigenvalue weighted by Gasteiger charge is -2.28. The number of anilines is 1. The molecule has 0 saturated heterocycles. The SMILES string of the molecule is Cc1cc(C)n(-c2ncc(NC(=O)C3(c4ccc(Cl)cc4)CCCC3)cn2)n1. The first-order chi connectivity index (χ1) is 13.5. The Balaban J connectivity index is 1.56. The maximum Gasteiger partial charge on any atom is 0.250 e. The molecule has 1 N–H and O–H groups in total. The van der Waals surface area contributed by atoms with Gasteiger partial charge in [0.05, 0.1) is 29.2 Å². The molecule has 0 atom stereocenters. The van der Waals surface area contributed by atoms with Gasteiger partial charge in [0.15, 0.2) is 0 Å². The summed E-state index contributed by atoms with van der Waals surface area (Å²) in [6.45, 7) is 3.88. The van der Waals surface area contributed by atoms with Crippen LogP contribution in [-0.4, -0.2) is 25.7 Å². The number of carbonyl (C=O) groups excluding carboxylic acids is 1. The number of amides is 1. The Labute approximate surface area is 169 Å². The fourth-order valence-electron chi connectivity index (χ4n) is 3.97. The minimum Gasteiger partial charge on any atom is -0.323 e. The molecule has 7 heteroatoms. The molecule has 1 aromatic carbocycles. The number of aryl methyl sites for hydroxylation is 2. The third kappa shape index (κ3) is 3.40. The molecule has 1 aliphatic carbocycles. The van der Waals surface area contributed by atoms with Gasteiger partial charge < -0.3 is 5.32 Å². The number of nitrogens with one attached hydrogen (secondary N) is 1. The Morgan fingerprint density at radius 2 is 1.75 bits per heavy atom. The summed E-state index contributed by atoms with van der Waals surface area (Å²) in [5.41, 5.74) is 2.92. The zero-order valence-corrected chi connectivity index (χ0v) is 16.7. The standard InChI is InChI=1S/C21H22ClN5O/c1-14-11-15(2)27(26-14)20-23-12-18(13-24-20)25-19(28)21(9-3-4-10-21)16-5-7-17(22)8-6-16/h5-8,11-13H,3-4,9-10H2,1-2H3,(H,25,28). The molecular formula is C21H22ClN5O. The van der Waals surface area contributed by atoms with Gasteiger partial charge in [0.2, 0.25) is 5.91 Å². The summed E-state index contributed by atoms with van der Waals surface area (Å²) in [6, 6.07) is 9.56. The Morgan fingerprint density at radius 3 is 2.32 bits per heavy atom. The van der Waals surface area contributed by atoms with Gasteiger partial charge in [-0.1, -0.05) is 36.6 Å². The van der Waals surface area contributed by atoms with Gasteiger partial charge in [0, 0.05) is 10.7 Å². The first kappa shape index (κ1) is 18.6. The molecule has 0 bridgehead atoms. The van der Waals surface area contributed by atoms with Crippen LogP contribution in [0.1, 0.15) is 42.6 Å². The van der Waals surface area contributed by atoms with E-state index in [2.05, 4.69) is 20.4 Å². The summed E-state index contributed by atoms with van der Waals surface area (Å²) in [7, 11) is 0. The van der Waals surface area contributed by atoms with Crippen LogP contribution >= 0.6 is 11.6 Å². The van der Waals surface area contributed by atoms with Gasteiger partial charge in [-0.3, -0.25) is 4.79 Å². The molecule has 1 saturated carbocycles. The number of carbonyl (C=O) groups is 1. The lowest BCUT2D eigenvalue weighted by Crippen LogP contribution is -2.38. The van der Waals surface area contributed by atoms with Crippen molar-refractivity contribution in [1.82, 2.24) is 19.7 Å². The monoisotopic (exact) mass is 395 g/mol. The van der Waals surface area contributed by atoms with Gasteiger partial charge in [0.25, 0.3) is 5.95 Å². The van der Waals surface area contributed by atoms with Gasteiger partial charge in [0.1, 0.15) is 0 Å². The maximum absolute atomic E-state index is 13.2. The number of hydrogen-bond donors (Lipinski definition) is 1. The van der Waals surface area contributed by atoms with Crippen LogP contribution in [0.4, 0.5) is 5.69 Å². The van der Waals surface area contributed by atoms with Crippen LogP contribution in [0, 0.1) is 13.8 Å². The molecule has 28 heavy (non-hydrogen) atoms. The second kappa shape index (κ2) is 7.36. The number of halogens is 1. The minimum absolute atomic E-state index is 0.0187. The number of benzene rings is 1. The van der Waals surface area contributed by atoms with E-state index < -0.39 is 5.41 Å². The fraction of sp³-hybridized carbons (Fsp3) is 0.333. The van der Waals surface area contributed by atoms with Crippen LogP contribution in [0.5, 0.6) is 0 Å².